The van der Waals surface area contributed by atoms with Crippen LogP contribution in [0.15, 0.2) is 18.2 Å². The Kier molecular flexibility index (Phi) is 6.15. The number of fused-ring (bicyclic) bond motifs is 1. The van der Waals surface area contributed by atoms with Crippen molar-refractivity contribution in [3.63, 3.8) is 0 Å². The monoisotopic (exact) mass is 430 g/mol. The number of nitrogens with zero attached hydrogens (tertiary/aromatic N) is 3. The Balaban J connectivity index is 1.59. The van der Waals surface area contributed by atoms with Crippen molar-refractivity contribution in [3.8, 4) is 5.75 Å². The maximum Gasteiger partial charge on any atom is 0.422 e. The van der Waals surface area contributed by atoms with Crippen molar-refractivity contribution in [2.24, 2.45) is 5.92 Å². The highest BCUT2D eigenvalue weighted by Crippen LogP contribution is 2.31. The molecule has 1 N–H and O–H groups in total. The van der Waals surface area contributed by atoms with Crippen LogP contribution in [-0.2, 0) is 4.79 Å². The van der Waals surface area contributed by atoms with Crippen molar-refractivity contribution in [1.29, 1.82) is 0 Å². The fraction of sp³-hybridized carbons (Fsp3) is 0.500. The van der Waals surface area contributed by atoms with E-state index < -0.39 is 12.8 Å². The van der Waals surface area contributed by atoms with Gasteiger partial charge >= 0.3 is 12.2 Å². The van der Waals surface area contributed by atoms with Gasteiger partial charge in [0.15, 0.2) is 11.7 Å². The van der Waals surface area contributed by atoms with Gasteiger partial charge in [0.05, 0.1) is 10.2 Å². The number of likely N-dealkylation sites (tertiary alicyclic amines) is 1. The number of aromatic nitrogens is 1. The van der Waals surface area contributed by atoms with E-state index in [1.54, 1.807) is 25.1 Å². The summed E-state index contributed by atoms with van der Waals surface area (Å²) < 4.78 is 42.2. The number of rotatable bonds is 4. The van der Waals surface area contributed by atoms with Gasteiger partial charge in [-0.3, -0.25) is 4.79 Å². The largest absolute Gasteiger partial charge is 0.484 e. The number of urea groups is 1. The zero-order chi connectivity index (χ0) is 21.2. The van der Waals surface area contributed by atoms with Gasteiger partial charge in [-0.2, -0.15) is 13.2 Å². The van der Waals surface area contributed by atoms with E-state index in [-0.39, 0.29) is 23.6 Å². The van der Waals surface area contributed by atoms with Crippen LogP contribution in [0, 0.1) is 5.92 Å². The standard InChI is InChI=1S/C18H21F3N4O3S/c1-24(2)17(27)25-7-5-11(6-8-25)15(26)23-16-22-13-4-3-12(9-14(13)29-16)28-10-18(19,20)21/h3-4,9,11H,5-8,10H2,1-2H3,(H,22,23,26). The van der Waals surface area contributed by atoms with Crippen molar-refractivity contribution >= 4 is 38.6 Å². The summed E-state index contributed by atoms with van der Waals surface area (Å²) in [6.45, 7) is -0.348. The first-order valence-corrected chi connectivity index (χ1v) is 9.81. The molecule has 3 amide bonds. The Bertz CT molecular complexity index is 892. The molecule has 0 bridgehead atoms. The lowest BCUT2D eigenvalue weighted by Gasteiger charge is -2.32. The van der Waals surface area contributed by atoms with E-state index in [1.165, 1.54) is 28.4 Å². The quantitative estimate of drug-likeness (QED) is 0.805. The third-order valence-electron chi connectivity index (χ3n) is 4.51. The molecule has 0 atom stereocenters. The molecule has 7 nitrogen and oxygen atoms in total. The average Bonchev–Trinajstić information content (AvgIpc) is 3.06. The Hall–Kier alpha value is -2.56. The molecule has 1 aromatic heterocycles. The van der Waals surface area contributed by atoms with E-state index in [9.17, 15) is 22.8 Å². The summed E-state index contributed by atoms with van der Waals surface area (Å²) in [5.41, 5.74) is 0.566. The first-order chi connectivity index (χ1) is 13.6. The number of piperidine rings is 1. The van der Waals surface area contributed by atoms with Crippen LogP contribution >= 0.6 is 11.3 Å². The summed E-state index contributed by atoms with van der Waals surface area (Å²) in [5, 5.41) is 3.16. The Morgan fingerprint density at radius 1 is 1.31 bits per heavy atom. The fourth-order valence-corrected chi connectivity index (χ4v) is 3.93. The second kappa shape index (κ2) is 8.44. The maximum atomic E-state index is 12.5. The lowest BCUT2D eigenvalue weighted by Crippen LogP contribution is -2.45. The van der Waals surface area contributed by atoms with Crippen molar-refractivity contribution < 1.29 is 27.5 Å². The van der Waals surface area contributed by atoms with Crippen LogP contribution in [0.5, 0.6) is 5.75 Å². The van der Waals surface area contributed by atoms with Gasteiger partial charge in [-0.15, -0.1) is 0 Å². The first-order valence-electron chi connectivity index (χ1n) is 8.99. The molecule has 2 aromatic rings. The number of hydrogen-bond acceptors (Lipinski definition) is 5. The number of ether oxygens (including phenoxy) is 1. The van der Waals surface area contributed by atoms with Gasteiger partial charge < -0.3 is 19.9 Å². The summed E-state index contributed by atoms with van der Waals surface area (Å²) in [7, 11) is 3.38. The van der Waals surface area contributed by atoms with Crippen molar-refractivity contribution in [1.82, 2.24) is 14.8 Å². The third kappa shape index (κ3) is 5.49. The second-order valence-electron chi connectivity index (χ2n) is 6.98. The number of thiazole rings is 1. The molecule has 1 aromatic carbocycles. The number of carbonyl (C=O) groups is 2. The van der Waals surface area contributed by atoms with Crippen molar-refractivity contribution in [2.75, 3.05) is 39.1 Å². The molecule has 11 heteroatoms. The molecule has 0 unspecified atom stereocenters. The van der Waals surface area contributed by atoms with E-state index in [0.29, 0.717) is 41.3 Å². The number of benzene rings is 1. The topological polar surface area (TPSA) is 74.8 Å². The summed E-state index contributed by atoms with van der Waals surface area (Å²) in [6.07, 6.45) is -3.29. The summed E-state index contributed by atoms with van der Waals surface area (Å²) in [5.74, 6) is -0.303. The minimum atomic E-state index is -4.41. The summed E-state index contributed by atoms with van der Waals surface area (Å²) in [4.78, 5) is 32.0. The predicted molar refractivity (Wildman–Crippen MR) is 103 cm³/mol. The normalized spacial score (nSPS) is 15.4. The van der Waals surface area contributed by atoms with Crippen molar-refractivity contribution in [3.05, 3.63) is 18.2 Å². The summed E-state index contributed by atoms with van der Waals surface area (Å²) >= 11 is 1.17. The Labute approximate surface area is 169 Å². The van der Waals surface area contributed by atoms with Crippen LogP contribution in [0.3, 0.4) is 0 Å². The molecule has 1 fully saturated rings. The van der Waals surface area contributed by atoms with Crippen LogP contribution in [0.1, 0.15) is 12.8 Å². The molecule has 2 heterocycles. The van der Waals surface area contributed by atoms with Gasteiger partial charge in [0.1, 0.15) is 5.75 Å². The minimum absolute atomic E-state index is 0.0708. The fourth-order valence-electron chi connectivity index (χ4n) is 3.04. The van der Waals surface area contributed by atoms with Crippen molar-refractivity contribution in [2.45, 2.75) is 19.0 Å². The van der Waals surface area contributed by atoms with Gasteiger partial charge in [-0.1, -0.05) is 11.3 Å². The number of nitrogens with one attached hydrogen (secondary N) is 1. The lowest BCUT2D eigenvalue weighted by molar-refractivity contribution is -0.153. The number of halogens is 3. The Morgan fingerprint density at radius 3 is 2.62 bits per heavy atom. The molecule has 0 radical (unpaired) electrons. The maximum absolute atomic E-state index is 12.5. The van der Waals surface area contributed by atoms with Gasteiger partial charge in [-0.25, -0.2) is 9.78 Å². The smallest absolute Gasteiger partial charge is 0.422 e. The third-order valence-corrected chi connectivity index (χ3v) is 5.44. The zero-order valence-corrected chi connectivity index (χ0v) is 16.8. The van der Waals surface area contributed by atoms with Crippen LogP contribution in [0.25, 0.3) is 10.2 Å². The van der Waals surface area contributed by atoms with Crippen LogP contribution in [-0.4, -0.2) is 66.7 Å². The molecule has 3 rings (SSSR count). The molecule has 29 heavy (non-hydrogen) atoms. The molecule has 1 aliphatic rings. The lowest BCUT2D eigenvalue weighted by atomic mass is 9.96. The number of anilines is 1. The zero-order valence-electron chi connectivity index (χ0n) is 16.0. The summed E-state index contributed by atoms with van der Waals surface area (Å²) in [6, 6.07) is 4.37. The number of amides is 3. The van der Waals surface area contributed by atoms with Gasteiger partial charge in [0.25, 0.3) is 0 Å². The Morgan fingerprint density at radius 2 is 2.00 bits per heavy atom. The van der Waals surface area contributed by atoms with Crippen LogP contribution < -0.4 is 10.1 Å². The van der Waals surface area contributed by atoms with Gasteiger partial charge in [-0.05, 0) is 31.0 Å². The molecule has 0 saturated carbocycles. The van der Waals surface area contributed by atoms with Crippen LogP contribution in [0.4, 0.5) is 23.1 Å². The SMILES string of the molecule is CN(C)C(=O)N1CCC(C(=O)Nc2nc3ccc(OCC(F)(F)F)cc3s2)CC1. The molecule has 0 aliphatic carbocycles. The van der Waals surface area contributed by atoms with Gasteiger partial charge in [0.2, 0.25) is 5.91 Å². The van der Waals surface area contributed by atoms with E-state index in [0.717, 1.165) is 0 Å². The van der Waals surface area contributed by atoms with E-state index in [2.05, 4.69) is 10.3 Å². The molecule has 1 aliphatic heterocycles. The molecular formula is C18H21F3N4O3S. The molecule has 0 spiro atoms. The number of hydrogen-bond donors (Lipinski definition) is 1. The highest BCUT2D eigenvalue weighted by molar-refractivity contribution is 7.22. The second-order valence-corrected chi connectivity index (χ2v) is 8.01. The number of carbonyl (C=O) groups excluding carboxylic acids is 2. The van der Waals surface area contributed by atoms with Crippen LogP contribution in [0.2, 0.25) is 0 Å². The van der Waals surface area contributed by atoms with E-state index in [1.807, 2.05) is 0 Å². The predicted octanol–water partition coefficient (Wildman–Crippen LogP) is 3.57. The number of alkyl halides is 3. The van der Waals surface area contributed by atoms with Gasteiger partial charge in [0, 0.05) is 33.1 Å². The molecule has 1 saturated heterocycles. The van der Waals surface area contributed by atoms with E-state index >= 15 is 0 Å². The highest BCUT2D eigenvalue weighted by Gasteiger charge is 2.29. The first kappa shape index (κ1) is 21.2. The minimum Gasteiger partial charge on any atom is -0.484 e. The molecular weight excluding hydrogens is 409 g/mol. The average molecular weight is 430 g/mol. The molecule has 158 valence electrons. The van der Waals surface area contributed by atoms with E-state index in [4.69, 9.17) is 4.74 Å². The highest BCUT2D eigenvalue weighted by atomic mass is 32.1.